The summed E-state index contributed by atoms with van der Waals surface area (Å²) in [5, 5.41) is 0. The van der Waals surface area contributed by atoms with Crippen molar-refractivity contribution in [2.75, 3.05) is 0 Å². The molecule has 1 aliphatic heterocycles. The zero-order chi connectivity index (χ0) is 6.97. The Morgan fingerprint density at radius 1 is 1.40 bits per heavy atom. The molecule has 0 unspecified atom stereocenters. The molecular weight excluding hydrogens is 128 g/mol. The van der Waals surface area contributed by atoms with Gasteiger partial charge in [0, 0.05) is 12.4 Å². The van der Waals surface area contributed by atoms with E-state index in [1.54, 1.807) is 18.5 Å². The van der Waals surface area contributed by atoms with Gasteiger partial charge in [-0.25, -0.2) is 9.97 Å². The molecule has 0 radical (unpaired) electrons. The normalized spacial score (nSPS) is 30.1. The fraction of sp³-hybridized carbons (Fsp3) is 0.429. The maximum absolute atomic E-state index is 5.18. The zero-order valence-corrected chi connectivity index (χ0v) is 5.69. The Labute approximate surface area is 59.1 Å². The van der Waals surface area contributed by atoms with Gasteiger partial charge in [-0.2, -0.15) is 0 Å². The van der Waals surface area contributed by atoms with Gasteiger partial charge in [0.15, 0.2) is 5.82 Å². The average Bonchev–Trinajstić information content (AvgIpc) is 2.69. The third-order valence-electron chi connectivity index (χ3n) is 1.55. The summed E-state index contributed by atoms with van der Waals surface area (Å²) in [5.41, 5.74) is 0. The van der Waals surface area contributed by atoms with E-state index in [2.05, 4.69) is 9.97 Å². The topological polar surface area (TPSA) is 38.3 Å². The van der Waals surface area contributed by atoms with Gasteiger partial charge in [-0.1, -0.05) is 0 Å². The van der Waals surface area contributed by atoms with E-state index in [0.29, 0.717) is 6.10 Å². The van der Waals surface area contributed by atoms with E-state index in [1.165, 1.54) is 0 Å². The van der Waals surface area contributed by atoms with Gasteiger partial charge in [0.05, 0.1) is 6.10 Å². The monoisotopic (exact) mass is 136 g/mol. The van der Waals surface area contributed by atoms with Crippen LogP contribution in [0.1, 0.15) is 18.9 Å². The number of nitrogens with zero attached hydrogens (tertiary/aromatic N) is 2. The standard InChI is InChI=1S/C7H8N2O/c1-5-6(10-5)7-8-3-2-4-9-7/h2-6H,1H3/t5-,6-/m0/s1. The highest BCUT2D eigenvalue weighted by Crippen LogP contribution is 2.35. The maximum atomic E-state index is 5.18. The highest BCUT2D eigenvalue weighted by molar-refractivity contribution is 5.01. The first-order valence-corrected chi connectivity index (χ1v) is 3.30. The molecular formula is C7H8N2O. The molecule has 0 spiro atoms. The van der Waals surface area contributed by atoms with Gasteiger partial charge in [-0.15, -0.1) is 0 Å². The van der Waals surface area contributed by atoms with Crippen LogP contribution in [0.15, 0.2) is 18.5 Å². The Morgan fingerprint density at radius 2 is 2.00 bits per heavy atom. The number of epoxide rings is 1. The number of rotatable bonds is 1. The SMILES string of the molecule is C[C@@H]1O[C@@H]1c1ncccn1. The molecule has 3 nitrogen and oxygen atoms in total. The summed E-state index contributed by atoms with van der Waals surface area (Å²) in [6.07, 6.45) is 3.93. The quantitative estimate of drug-likeness (QED) is 0.539. The molecule has 10 heavy (non-hydrogen) atoms. The van der Waals surface area contributed by atoms with E-state index >= 15 is 0 Å². The van der Waals surface area contributed by atoms with E-state index in [-0.39, 0.29) is 6.10 Å². The van der Waals surface area contributed by atoms with Crippen LogP contribution in [0.25, 0.3) is 0 Å². The van der Waals surface area contributed by atoms with Gasteiger partial charge < -0.3 is 4.74 Å². The number of ether oxygens (including phenoxy) is 1. The molecule has 2 heterocycles. The fourth-order valence-corrected chi connectivity index (χ4v) is 0.914. The molecule has 3 heteroatoms. The Balaban J connectivity index is 2.20. The second-order valence-corrected chi connectivity index (χ2v) is 2.37. The van der Waals surface area contributed by atoms with Crippen molar-refractivity contribution in [3.05, 3.63) is 24.3 Å². The van der Waals surface area contributed by atoms with Crippen molar-refractivity contribution in [1.29, 1.82) is 0 Å². The highest BCUT2D eigenvalue weighted by Gasteiger charge is 2.37. The lowest BCUT2D eigenvalue weighted by atomic mass is 10.3. The number of aromatic nitrogens is 2. The Bertz CT molecular complexity index is 224. The van der Waals surface area contributed by atoms with Crippen LogP contribution in [-0.2, 0) is 4.74 Å². The minimum atomic E-state index is 0.154. The molecule has 1 aromatic heterocycles. The van der Waals surface area contributed by atoms with Crippen LogP contribution in [0.4, 0.5) is 0 Å². The van der Waals surface area contributed by atoms with Crippen LogP contribution >= 0.6 is 0 Å². The van der Waals surface area contributed by atoms with Gasteiger partial charge in [0.1, 0.15) is 6.10 Å². The van der Waals surface area contributed by atoms with Crippen LogP contribution in [0.3, 0.4) is 0 Å². The van der Waals surface area contributed by atoms with Crippen molar-refractivity contribution in [3.8, 4) is 0 Å². The first-order valence-electron chi connectivity index (χ1n) is 3.30. The highest BCUT2D eigenvalue weighted by atomic mass is 16.6. The lowest BCUT2D eigenvalue weighted by Gasteiger charge is -1.88. The van der Waals surface area contributed by atoms with Crippen molar-refractivity contribution < 1.29 is 4.74 Å². The summed E-state index contributed by atoms with van der Waals surface area (Å²) in [6, 6.07) is 1.80. The summed E-state index contributed by atoms with van der Waals surface area (Å²) in [7, 11) is 0. The second kappa shape index (κ2) is 2.02. The van der Waals surface area contributed by atoms with Crippen molar-refractivity contribution in [2.45, 2.75) is 19.1 Å². The van der Waals surface area contributed by atoms with Crippen LogP contribution in [-0.4, -0.2) is 16.1 Å². The molecule has 1 aliphatic rings. The van der Waals surface area contributed by atoms with Gasteiger partial charge in [0.2, 0.25) is 0 Å². The summed E-state index contributed by atoms with van der Waals surface area (Å²) < 4.78 is 5.18. The molecule has 0 bridgehead atoms. The fourth-order valence-electron chi connectivity index (χ4n) is 0.914. The molecule has 0 saturated carbocycles. The van der Waals surface area contributed by atoms with E-state index in [4.69, 9.17) is 4.74 Å². The molecule has 2 atom stereocenters. The maximum Gasteiger partial charge on any atom is 0.159 e. The van der Waals surface area contributed by atoms with E-state index in [9.17, 15) is 0 Å². The van der Waals surface area contributed by atoms with Crippen molar-refractivity contribution in [2.24, 2.45) is 0 Å². The van der Waals surface area contributed by atoms with Gasteiger partial charge in [-0.05, 0) is 13.0 Å². The van der Waals surface area contributed by atoms with E-state index in [1.807, 2.05) is 6.92 Å². The Hall–Kier alpha value is -0.960. The molecule has 52 valence electrons. The molecule has 1 saturated heterocycles. The Kier molecular flexibility index (Phi) is 1.17. The number of hydrogen-bond donors (Lipinski definition) is 0. The molecule has 2 rings (SSSR count). The van der Waals surface area contributed by atoms with E-state index in [0.717, 1.165) is 5.82 Å². The third-order valence-corrected chi connectivity index (χ3v) is 1.55. The average molecular weight is 136 g/mol. The lowest BCUT2D eigenvalue weighted by molar-refractivity contribution is 0.376. The van der Waals surface area contributed by atoms with Crippen LogP contribution in [0, 0.1) is 0 Å². The minimum Gasteiger partial charge on any atom is -0.361 e. The van der Waals surface area contributed by atoms with Crippen molar-refractivity contribution in [3.63, 3.8) is 0 Å². The van der Waals surface area contributed by atoms with Crippen molar-refractivity contribution in [1.82, 2.24) is 9.97 Å². The van der Waals surface area contributed by atoms with Gasteiger partial charge in [0.25, 0.3) is 0 Å². The molecule has 0 N–H and O–H groups in total. The molecule has 0 aromatic carbocycles. The Morgan fingerprint density at radius 3 is 2.50 bits per heavy atom. The summed E-state index contributed by atoms with van der Waals surface area (Å²) >= 11 is 0. The first kappa shape index (κ1) is 5.80. The predicted octanol–water partition coefficient (Wildman–Crippen LogP) is 0.936. The molecule has 0 aliphatic carbocycles. The predicted molar refractivity (Wildman–Crippen MR) is 35.3 cm³/mol. The van der Waals surface area contributed by atoms with Gasteiger partial charge in [-0.3, -0.25) is 0 Å². The summed E-state index contributed by atoms with van der Waals surface area (Å²) in [4.78, 5) is 8.11. The smallest absolute Gasteiger partial charge is 0.159 e. The van der Waals surface area contributed by atoms with Crippen LogP contribution in [0.5, 0.6) is 0 Å². The molecule has 1 aromatic rings. The zero-order valence-electron chi connectivity index (χ0n) is 5.69. The minimum absolute atomic E-state index is 0.154. The second-order valence-electron chi connectivity index (χ2n) is 2.37. The first-order chi connectivity index (χ1) is 4.88. The third kappa shape index (κ3) is 0.885. The van der Waals surface area contributed by atoms with Crippen molar-refractivity contribution >= 4 is 0 Å². The van der Waals surface area contributed by atoms with Crippen LogP contribution in [0.2, 0.25) is 0 Å². The largest absolute Gasteiger partial charge is 0.361 e. The molecule has 0 amide bonds. The lowest BCUT2D eigenvalue weighted by Crippen LogP contribution is -1.91. The summed E-state index contributed by atoms with van der Waals surface area (Å²) in [6.45, 7) is 2.01. The van der Waals surface area contributed by atoms with E-state index < -0.39 is 0 Å². The van der Waals surface area contributed by atoms with Gasteiger partial charge >= 0.3 is 0 Å². The van der Waals surface area contributed by atoms with Crippen LogP contribution < -0.4 is 0 Å². The summed E-state index contributed by atoms with van der Waals surface area (Å²) in [5.74, 6) is 0.801. The molecule has 1 fully saturated rings. The number of hydrogen-bond acceptors (Lipinski definition) is 3.